The van der Waals surface area contributed by atoms with E-state index in [0.29, 0.717) is 23.5 Å². The van der Waals surface area contributed by atoms with Crippen LogP contribution in [0.1, 0.15) is 15.9 Å². The van der Waals surface area contributed by atoms with Crippen molar-refractivity contribution < 1.29 is 23.8 Å². The molecular weight excluding hydrogens is 348 g/mol. The summed E-state index contributed by atoms with van der Waals surface area (Å²) in [5.74, 6) is 0.210. The maximum atomic E-state index is 12.6. The Morgan fingerprint density at radius 3 is 2.85 bits per heavy atom. The number of aromatic nitrogens is 1. The number of H-pyrrole nitrogens is 1. The van der Waals surface area contributed by atoms with Gasteiger partial charge in [0.2, 0.25) is 6.79 Å². The molecule has 0 fully saturated rings. The number of aromatic amines is 1. The predicted octanol–water partition coefficient (Wildman–Crippen LogP) is 2.41. The minimum atomic E-state index is -0.813. The molecule has 27 heavy (non-hydrogen) atoms. The lowest BCUT2D eigenvalue weighted by atomic mass is 10.0. The van der Waals surface area contributed by atoms with Crippen LogP contribution in [0.15, 0.2) is 48.7 Å². The summed E-state index contributed by atoms with van der Waals surface area (Å²) < 4.78 is 15.4. The van der Waals surface area contributed by atoms with Crippen molar-refractivity contribution in [2.75, 3.05) is 13.9 Å². The SMILES string of the molecule is COC(=O)[C@H](Cc1c[nH]c2ccccc12)NC(=O)c1ccc2c(c1)OCO2. The van der Waals surface area contributed by atoms with Gasteiger partial charge in [0.05, 0.1) is 7.11 Å². The molecule has 3 aromatic rings. The number of carbonyl (C=O) groups excluding carboxylic acids is 2. The number of hydrogen-bond donors (Lipinski definition) is 2. The highest BCUT2D eigenvalue weighted by Crippen LogP contribution is 2.32. The van der Waals surface area contributed by atoms with Crippen molar-refractivity contribution in [3.05, 3.63) is 59.8 Å². The van der Waals surface area contributed by atoms with E-state index in [9.17, 15) is 9.59 Å². The van der Waals surface area contributed by atoms with Gasteiger partial charge in [-0.25, -0.2) is 4.79 Å². The van der Waals surface area contributed by atoms with Gasteiger partial charge in [-0.3, -0.25) is 4.79 Å². The molecule has 0 bridgehead atoms. The van der Waals surface area contributed by atoms with E-state index < -0.39 is 12.0 Å². The van der Waals surface area contributed by atoms with Crippen molar-refractivity contribution in [3.8, 4) is 11.5 Å². The van der Waals surface area contributed by atoms with Crippen molar-refractivity contribution in [1.29, 1.82) is 0 Å². The zero-order valence-electron chi connectivity index (χ0n) is 14.7. The second kappa shape index (κ2) is 7.03. The number of benzene rings is 2. The molecule has 0 spiro atoms. The zero-order chi connectivity index (χ0) is 18.8. The molecule has 138 valence electrons. The number of hydrogen-bond acceptors (Lipinski definition) is 5. The fourth-order valence-electron chi connectivity index (χ4n) is 3.14. The van der Waals surface area contributed by atoms with Crippen LogP contribution in [0.25, 0.3) is 10.9 Å². The van der Waals surface area contributed by atoms with E-state index in [2.05, 4.69) is 10.3 Å². The molecule has 2 N–H and O–H groups in total. The molecular formula is C20H18N2O5. The quantitative estimate of drug-likeness (QED) is 0.677. The summed E-state index contributed by atoms with van der Waals surface area (Å²) in [6, 6.07) is 11.9. The summed E-state index contributed by atoms with van der Waals surface area (Å²) in [6.45, 7) is 0.131. The van der Waals surface area contributed by atoms with Crippen LogP contribution < -0.4 is 14.8 Å². The minimum absolute atomic E-state index is 0.131. The van der Waals surface area contributed by atoms with Crippen molar-refractivity contribution in [2.45, 2.75) is 12.5 Å². The van der Waals surface area contributed by atoms with Crippen molar-refractivity contribution in [2.24, 2.45) is 0 Å². The molecule has 7 heteroatoms. The van der Waals surface area contributed by atoms with Crippen LogP contribution in [0.3, 0.4) is 0 Å². The first-order valence-electron chi connectivity index (χ1n) is 8.49. The summed E-state index contributed by atoms with van der Waals surface area (Å²) in [5.41, 5.74) is 2.28. The highest BCUT2D eigenvalue weighted by Gasteiger charge is 2.25. The number of methoxy groups -OCH3 is 1. The van der Waals surface area contributed by atoms with Crippen LogP contribution in [-0.4, -0.2) is 36.8 Å². The highest BCUT2D eigenvalue weighted by atomic mass is 16.7. The van der Waals surface area contributed by atoms with E-state index in [1.807, 2.05) is 30.5 Å². The maximum absolute atomic E-state index is 12.6. The normalized spacial score (nSPS) is 13.4. The van der Waals surface area contributed by atoms with E-state index in [0.717, 1.165) is 16.5 Å². The van der Waals surface area contributed by atoms with Crippen LogP contribution in [0.5, 0.6) is 11.5 Å². The Labute approximate surface area is 155 Å². The minimum Gasteiger partial charge on any atom is -0.467 e. The smallest absolute Gasteiger partial charge is 0.328 e. The Bertz CT molecular complexity index is 1010. The molecule has 0 saturated carbocycles. The third kappa shape index (κ3) is 3.31. The Kier molecular flexibility index (Phi) is 4.42. The van der Waals surface area contributed by atoms with Gasteiger partial charge in [-0.1, -0.05) is 18.2 Å². The molecule has 2 aromatic carbocycles. The number of amides is 1. The molecule has 1 amide bonds. The van der Waals surface area contributed by atoms with Crippen molar-refractivity contribution in [3.63, 3.8) is 0 Å². The van der Waals surface area contributed by atoms with E-state index in [4.69, 9.17) is 14.2 Å². The number of nitrogens with one attached hydrogen (secondary N) is 2. The molecule has 2 heterocycles. The number of rotatable bonds is 5. The zero-order valence-corrected chi connectivity index (χ0v) is 14.7. The molecule has 4 rings (SSSR count). The average molecular weight is 366 g/mol. The van der Waals surface area contributed by atoms with E-state index in [-0.39, 0.29) is 12.7 Å². The van der Waals surface area contributed by atoms with Crippen LogP contribution in [0.4, 0.5) is 0 Å². The van der Waals surface area contributed by atoms with Gasteiger partial charge in [0.1, 0.15) is 6.04 Å². The van der Waals surface area contributed by atoms with Gasteiger partial charge >= 0.3 is 5.97 Å². The number of esters is 1. The second-order valence-corrected chi connectivity index (χ2v) is 6.18. The first-order valence-corrected chi connectivity index (χ1v) is 8.49. The number of carbonyl (C=O) groups is 2. The van der Waals surface area contributed by atoms with Crippen LogP contribution in [-0.2, 0) is 16.0 Å². The van der Waals surface area contributed by atoms with E-state index in [1.54, 1.807) is 18.2 Å². The van der Waals surface area contributed by atoms with Crippen molar-refractivity contribution >= 4 is 22.8 Å². The number of fused-ring (bicyclic) bond motifs is 2. The van der Waals surface area contributed by atoms with E-state index >= 15 is 0 Å². The first kappa shape index (κ1) is 17.0. The lowest BCUT2D eigenvalue weighted by Gasteiger charge is -2.16. The monoisotopic (exact) mass is 366 g/mol. The van der Waals surface area contributed by atoms with Gasteiger partial charge < -0.3 is 24.5 Å². The Morgan fingerprint density at radius 1 is 1.19 bits per heavy atom. The van der Waals surface area contributed by atoms with Crippen LogP contribution >= 0.6 is 0 Å². The summed E-state index contributed by atoms with van der Waals surface area (Å²) in [4.78, 5) is 28.0. The van der Waals surface area contributed by atoms with Gasteiger partial charge in [-0.05, 0) is 29.8 Å². The summed E-state index contributed by atoms with van der Waals surface area (Å²) >= 11 is 0. The fourth-order valence-corrected chi connectivity index (χ4v) is 3.14. The van der Waals surface area contributed by atoms with Crippen LogP contribution in [0.2, 0.25) is 0 Å². The third-order valence-corrected chi connectivity index (χ3v) is 4.52. The molecule has 1 aromatic heterocycles. The van der Waals surface area contributed by atoms with Gasteiger partial charge in [-0.15, -0.1) is 0 Å². The highest BCUT2D eigenvalue weighted by molar-refractivity contribution is 5.97. The maximum Gasteiger partial charge on any atom is 0.328 e. The molecule has 0 aliphatic carbocycles. The Hall–Kier alpha value is -3.48. The molecule has 0 radical (unpaired) electrons. The first-order chi connectivity index (χ1) is 13.2. The van der Waals surface area contributed by atoms with Crippen molar-refractivity contribution in [1.82, 2.24) is 10.3 Å². The lowest BCUT2D eigenvalue weighted by Crippen LogP contribution is -2.43. The topological polar surface area (TPSA) is 89.7 Å². The molecule has 0 saturated heterocycles. The summed E-state index contributed by atoms with van der Waals surface area (Å²) in [5, 5.41) is 3.76. The second-order valence-electron chi connectivity index (χ2n) is 6.18. The van der Waals surface area contributed by atoms with Gasteiger partial charge in [0.15, 0.2) is 11.5 Å². The standard InChI is InChI=1S/C20H18N2O5/c1-25-20(24)16(8-13-10-21-15-5-3-2-4-14(13)15)22-19(23)12-6-7-17-18(9-12)27-11-26-17/h2-7,9-10,16,21H,8,11H2,1H3,(H,22,23)/t16-/m0/s1. The van der Waals surface area contributed by atoms with Crippen LogP contribution in [0, 0.1) is 0 Å². The summed E-state index contributed by atoms with van der Waals surface area (Å²) in [6.07, 6.45) is 2.15. The average Bonchev–Trinajstić information content (AvgIpc) is 3.33. The Morgan fingerprint density at radius 2 is 2.00 bits per heavy atom. The molecule has 7 nitrogen and oxygen atoms in total. The lowest BCUT2D eigenvalue weighted by molar-refractivity contribution is -0.142. The molecule has 1 aliphatic rings. The Balaban J connectivity index is 1.55. The molecule has 1 aliphatic heterocycles. The largest absolute Gasteiger partial charge is 0.467 e. The molecule has 1 atom stereocenters. The number of para-hydroxylation sites is 1. The van der Waals surface area contributed by atoms with Gasteiger partial charge in [0.25, 0.3) is 5.91 Å². The molecule has 0 unspecified atom stereocenters. The number of ether oxygens (including phenoxy) is 3. The third-order valence-electron chi connectivity index (χ3n) is 4.52. The van der Waals surface area contributed by atoms with E-state index in [1.165, 1.54) is 7.11 Å². The van der Waals surface area contributed by atoms with Gasteiger partial charge in [-0.2, -0.15) is 0 Å². The predicted molar refractivity (Wildman–Crippen MR) is 97.8 cm³/mol. The fraction of sp³-hybridized carbons (Fsp3) is 0.200. The van der Waals surface area contributed by atoms with Gasteiger partial charge in [0, 0.05) is 29.1 Å². The summed E-state index contributed by atoms with van der Waals surface area (Å²) in [7, 11) is 1.30.